The van der Waals surface area contributed by atoms with Gasteiger partial charge >= 0.3 is 0 Å². The van der Waals surface area contributed by atoms with Crippen molar-refractivity contribution in [1.29, 1.82) is 0 Å². The second-order valence-electron chi connectivity index (χ2n) is 5.99. The Morgan fingerprint density at radius 2 is 1.79 bits per heavy atom. The van der Waals surface area contributed by atoms with E-state index in [4.69, 9.17) is 0 Å². The Kier molecular flexibility index (Phi) is 5.75. The van der Waals surface area contributed by atoms with Gasteiger partial charge in [-0.15, -0.1) is 0 Å². The number of rotatable bonds is 7. The zero-order valence-corrected chi connectivity index (χ0v) is 16.0. The number of carbonyl (C=O) groups is 1. The number of nitrogens with zero attached hydrogens (tertiary/aromatic N) is 3. The number of benzene rings is 2. The molecule has 0 bridgehead atoms. The summed E-state index contributed by atoms with van der Waals surface area (Å²) < 4.78 is 0. The third-order valence-electron chi connectivity index (χ3n) is 3.58. The number of non-ortho nitro benzene ring substituents is 1. The van der Waals surface area contributed by atoms with Crippen LogP contribution in [0.2, 0.25) is 0 Å². The molecule has 1 aromatic heterocycles. The highest BCUT2D eigenvalue weighted by Gasteiger charge is 2.21. The Hall–Kier alpha value is -3.59. The highest BCUT2D eigenvalue weighted by molar-refractivity contribution is 7.18. The summed E-state index contributed by atoms with van der Waals surface area (Å²) >= 11 is 1.18. The van der Waals surface area contributed by atoms with Crippen LogP contribution in [-0.4, -0.2) is 21.4 Å². The Balaban J connectivity index is 1.93. The van der Waals surface area contributed by atoms with Crippen LogP contribution in [0.3, 0.4) is 0 Å². The Morgan fingerprint density at radius 1 is 1.11 bits per heavy atom. The lowest BCUT2D eigenvalue weighted by Crippen LogP contribution is -2.04. The minimum Gasteiger partial charge on any atom is -0.331 e. The molecule has 28 heavy (non-hydrogen) atoms. The van der Waals surface area contributed by atoms with E-state index in [9.17, 15) is 14.9 Å². The molecule has 3 aromatic rings. The molecule has 0 unspecified atom stereocenters. The van der Waals surface area contributed by atoms with Gasteiger partial charge in [-0.1, -0.05) is 29.5 Å². The molecule has 0 atom stereocenters. The molecule has 0 saturated heterocycles. The minimum absolute atomic E-state index is 0.0724. The lowest BCUT2D eigenvalue weighted by Gasteiger charge is -2.02. The van der Waals surface area contributed by atoms with Crippen molar-refractivity contribution in [3.05, 3.63) is 75.2 Å². The number of thiazole rings is 1. The molecule has 1 heterocycles. The molecule has 2 N–H and O–H groups in total. The summed E-state index contributed by atoms with van der Waals surface area (Å²) in [5.74, 6) is 0.0351. The van der Waals surface area contributed by atoms with Crippen molar-refractivity contribution in [3.63, 3.8) is 0 Å². The highest BCUT2D eigenvalue weighted by Crippen LogP contribution is 2.31. The van der Waals surface area contributed by atoms with E-state index in [1.165, 1.54) is 35.6 Å². The Morgan fingerprint density at radius 3 is 2.39 bits per heavy atom. The molecule has 2 aromatic carbocycles. The Labute approximate surface area is 165 Å². The van der Waals surface area contributed by atoms with Crippen molar-refractivity contribution >= 4 is 45.2 Å². The summed E-state index contributed by atoms with van der Waals surface area (Å²) in [6.07, 6.45) is 0. The van der Waals surface area contributed by atoms with E-state index >= 15 is 0 Å². The molecule has 0 aliphatic carbocycles. The van der Waals surface area contributed by atoms with E-state index in [0.717, 1.165) is 11.4 Å². The normalized spacial score (nSPS) is 10.2. The van der Waals surface area contributed by atoms with E-state index in [1.54, 1.807) is 0 Å². The second kappa shape index (κ2) is 8.40. The van der Waals surface area contributed by atoms with Crippen molar-refractivity contribution in [2.75, 3.05) is 10.7 Å². The zero-order chi connectivity index (χ0) is 20.1. The largest absolute Gasteiger partial charge is 0.331 e. The van der Waals surface area contributed by atoms with E-state index in [1.807, 2.05) is 44.2 Å². The fourth-order valence-electron chi connectivity index (χ4n) is 2.28. The number of nitro benzene ring substituents is 1. The van der Waals surface area contributed by atoms with Crippen molar-refractivity contribution in [2.45, 2.75) is 13.8 Å². The number of aromatic nitrogens is 1. The smallest absolute Gasteiger partial charge is 0.269 e. The summed E-state index contributed by atoms with van der Waals surface area (Å²) in [5, 5.41) is 18.6. The maximum absolute atomic E-state index is 12.9. The molecule has 142 valence electrons. The Bertz CT molecular complexity index is 1030. The van der Waals surface area contributed by atoms with E-state index in [-0.39, 0.29) is 11.5 Å². The van der Waals surface area contributed by atoms with E-state index in [0.29, 0.717) is 21.4 Å². The fraction of sp³-hybridized carbons (Fsp3) is 0.105. The molecule has 0 aliphatic heterocycles. The first-order chi connectivity index (χ1) is 13.4. The predicted octanol–water partition coefficient (Wildman–Crippen LogP) is 4.83. The highest BCUT2D eigenvalue weighted by atomic mass is 32.1. The van der Waals surface area contributed by atoms with Crippen LogP contribution in [0.1, 0.15) is 29.1 Å². The van der Waals surface area contributed by atoms with Crippen molar-refractivity contribution in [2.24, 2.45) is 5.10 Å². The van der Waals surface area contributed by atoms with Gasteiger partial charge in [-0.25, -0.2) is 4.98 Å². The summed E-state index contributed by atoms with van der Waals surface area (Å²) in [6.45, 7) is 3.64. The van der Waals surface area contributed by atoms with E-state index < -0.39 is 4.92 Å². The van der Waals surface area contributed by atoms with Gasteiger partial charge in [0, 0.05) is 29.1 Å². The SMILES string of the molecule is CC(C)=NNc1nc(Nc2ccccc2)sc1C(=O)c1ccc([N+](=O)[O-])cc1. The maximum atomic E-state index is 12.9. The second-order valence-corrected chi connectivity index (χ2v) is 6.99. The number of hydrogen-bond acceptors (Lipinski definition) is 8. The monoisotopic (exact) mass is 395 g/mol. The summed E-state index contributed by atoms with van der Waals surface area (Å²) in [4.78, 5) is 28.0. The van der Waals surface area contributed by atoms with Crippen LogP contribution >= 0.6 is 11.3 Å². The van der Waals surface area contributed by atoms with Gasteiger partial charge in [-0.2, -0.15) is 5.10 Å². The third-order valence-corrected chi connectivity index (χ3v) is 4.55. The molecular formula is C19H17N5O3S. The first-order valence-corrected chi connectivity index (χ1v) is 9.14. The number of anilines is 3. The molecule has 0 saturated carbocycles. The first kappa shape index (κ1) is 19.2. The number of nitro groups is 1. The summed E-state index contributed by atoms with van der Waals surface area (Å²) in [6, 6.07) is 14.9. The van der Waals surface area contributed by atoms with Gasteiger partial charge in [0.25, 0.3) is 5.69 Å². The topological polar surface area (TPSA) is 110 Å². The molecular weight excluding hydrogens is 378 g/mol. The van der Waals surface area contributed by atoms with Crippen LogP contribution in [-0.2, 0) is 0 Å². The van der Waals surface area contributed by atoms with Crippen LogP contribution < -0.4 is 10.7 Å². The molecule has 0 fully saturated rings. The van der Waals surface area contributed by atoms with Gasteiger partial charge in [0.15, 0.2) is 10.9 Å². The quantitative estimate of drug-likeness (QED) is 0.256. The molecule has 0 spiro atoms. The van der Waals surface area contributed by atoms with Crippen molar-refractivity contribution < 1.29 is 9.72 Å². The zero-order valence-electron chi connectivity index (χ0n) is 15.2. The molecule has 0 amide bonds. The molecule has 0 aliphatic rings. The lowest BCUT2D eigenvalue weighted by molar-refractivity contribution is -0.384. The standard InChI is InChI=1S/C19H17N5O3S/c1-12(2)22-23-18-17(16(25)13-8-10-15(11-9-13)24(26)27)28-19(21-18)20-14-6-4-3-5-7-14/h3-11,23H,1-2H3,(H,20,21). The predicted molar refractivity (Wildman–Crippen MR) is 111 cm³/mol. The summed E-state index contributed by atoms with van der Waals surface area (Å²) in [5.41, 5.74) is 4.70. The van der Waals surface area contributed by atoms with Crippen LogP contribution in [0, 0.1) is 10.1 Å². The van der Waals surface area contributed by atoms with Gasteiger partial charge in [0.1, 0.15) is 4.88 Å². The van der Waals surface area contributed by atoms with Crippen molar-refractivity contribution in [3.8, 4) is 0 Å². The van der Waals surface area contributed by atoms with Gasteiger partial charge in [-0.3, -0.25) is 20.3 Å². The summed E-state index contributed by atoms with van der Waals surface area (Å²) in [7, 11) is 0. The third kappa shape index (κ3) is 4.57. The average Bonchev–Trinajstić information content (AvgIpc) is 3.09. The van der Waals surface area contributed by atoms with Crippen LogP contribution in [0.5, 0.6) is 0 Å². The molecule has 8 nitrogen and oxygen atoms in total. The van der Waals surface area contributed by atoms with Crippen LogP contribution in [0.25, 0.3) is 0 Å². The number of hydrazone groups is 1. The number of ketones is 1. The molecule has 9 heteroatoms. The van der Waals surface area contributed by atoms with E-state index in [2.05, 4.69) is 20.8 Å². The average molecular weight is 395 g/mol. The molecule has 0 radical (unpaired) electrons. The van der Waals surface area contributed by atoms with Gasteiger partial charge < -0.3 is 5.32 Å². The van der Waals surface area contributed by atoms with Crippen molar-refractivity contribution in [1.82, 2.24) is 4.98 Å². The first-order valence-electron chi connectivity index (χ1n) is 8.33. The number of para-hydroxylation sites is 1. The van der Waals surface area contributed by atoms with Crippen LogP contribution in [0.4, 0.5) is 22.3 Å². The van der Waals surface area contributed by atoms with Gasteiger partial charge in [0.05, 0.1) is 4.92 Å². The number of hydrogen-bond donors (Lipinski definition) is 2. The fourth-order valence-corrected chi connectivity index (χ4v) is 3.18. The number of nitrogens with one attached hydrogen (secondary N) is 2. The van der Waals surface area contributed by atoms with Crippen LogP contribution in [0.15, 0.2) is 59.7 Å². The lowest BCUT2D eigenvalue weighted by atomic mass is 10.1. The number of carbonyl (C=O) groups excluding carboxylic acids is 1. The van der Waals surface area contributed by atoms with Gasteiger partial charge in [0.2, 0.25) is 5.78 Å². The van der Waals surface area contributed by atoms with Gasteiger partial charge in [-0.05, 0) is 38.1 Å². The maximum Gasteiger partial charge on any atom is 0.269 e. The minimum atomic E-state index is -0.505. The molecule has 3 rings (SSSR count).